The van der Waals surface area contributed by atoms with E-state index >= 15 is 0 Å². The van der Waals surface area contributed by atoms with E-state index in [0.717, 1.165) is 6.26 Å². The van der Waals surface area contributed by atoms with Gasteiger partial charge in [0.05, 0.1) is 21.3 Å². The highest BCUT2D eigenvalue weighted by Crippen LogP contribution is 2.25. The predicted molar refractivity (Wildman–Crippen MR) is 70.5 cm³/mol. The first-order valence-corrected chi connectivity index (χ1v) is 5.78. The molecule has 0 atom stereocenters. The van der Waals surface area contributed by atoms with Crippen LogP contribution in [0.4, 0.5) is 0 Å². The van der Waals surface area contributed by atoms with Crippen molar-refractivity contribution in [1.82, 2.24) is 0 Å². The highest BCUT2D eigenvalue weighted by atomic mass is 35.5. The van der Waals surface area contributed by atoms with E-state index in [4.69, 9.17) is 21.1 Å². The summed E-state index contributed by atoms with van der Waals surface area (Å²) in [6.45, 7) is 0. The predicted octanol–water partition coefficient (Wildman–Crippen LogP) is 2.17. The summed E-state index contributed by atoms with van der Waals surface area (Å²) < 4.78 is 19.2. The Balaban J connectivity index is 3.16. The molecular formula is C13H13ClO6. The van der Waals surface area contributed by atoms with Crippen molar-refractivity contribution >= 4 is 23.5 Å². The molecule has 0 saturated carbocycles. The number of carbonyl (C=O) groups is 2. The van der Waals surface area contributed by atoms with Gasteiger partial charge in [-0.25, -0.2) is 9.59 Å². The average Bonchev–Trinajstić information content (AvgIpc) is 2.46. The first kappa shape index (κ1) is 15.8. The van der Waals surface area contributed by atoms with E-state index in [-0.39, 0.29) is 17.1 Å². The minimum atomic E-state index is -0.752. The smallest absolute Gasteiger partial charge is 0.377 e. The van der Waals surface area contributed by atoms with Crippen molar-refractivity contribution in [2.24, 2.45) is 0 Å². The van der Waals surface area contributed by atoms with Gasteiger partial charge in [0.15, 0.2) is 0 Å². The molecule has 0 heterocycles. The van der Waals surface area contributed by atoms with E-state index in [0.29, 0.717) is 5.02 Å². The molecule has 0 aliphatic heterocycles. The van der Waals surface area contributed by atoms with E-state index < -0.39 is 11.9 Å². The Bertz CT molecular complexity index is 538. The Labute approximate surface area is 120 Å². The van der Waals surface area contributed by atoms with Crippen LogP contribution in [0.1, 0.15) is 10.4 Å². The highest BCUT2D eigenvalue weighted by Gasteiger charge is 2.19. The van der Waals surface area contributed by atoms with Crippen LogP contribution in [0.5, 0.6) is 5.75 Å². The Kier molecular flexibility index (Phi) is 5.86. The molecule has 1 aromatic rings. The summed E-state index contributed by atoms with van der Waals surface area (Å²) in [6.07, 6.45) is 1.06. The number of hydrogen-bond donors (Lipinski definition) is 0. The lowest BCUT2D eigenvalue weighted by atomic mass is 10.2. The van der Waals surface area contributed by atoms with Crippen LogP contribution in [0.3, 0.4) is 0 Å². The third kappa shape index (κ3) is 3.89. The van der Waals surface area contributed by atoms with E-state index in [1.807, 2.05) is 0 Å². The highest BCUT2D eigenvalue weighted by molar-refractivity contribution is 6.31. The summed E-state index contributed by atoms with van der Waals surface area (Å²) in [5.74, 6) is -1.53. The van der Waals surface area contributed by atoms with Crippen LogP contribution in [-0.2, 0) is 19.0 Å². The number of carbonyl (C=O) groups excluding carboxylic acids is 2. The summed E-state index contributed by atoms with van der Waals surface area (Å²) in [7, 11) is 3.76. The quantitative estimate of drug-likeness (QED) is 0.471. The lowest BCUT2D eigenvalue weighted by Crippen LogP contribution is -2.13. The zero-order valence-electron chi connectivity index (χ0n) is 11.1. The average molecular weight is 301 g/mol. The number of methoxy groups -OCH3 is 3. The third-order valence-electron chi connectivity index (χ3n) is 2.18. The second-order valence-corrected chi connectivity index (χ2v) is 3.88. The van der Waals surface area contributed by atoms with E-state index in [9.17, 15) is 9.59 Å². The molecule has 0 amide bonds. The number of hydrogen-bond acceptors (Lipinski definition) is 6. The fraction of sp³-hybridized carbons (Fsp3) is 0.231. The second-order valence-electron chi connectivity index (χ2n) is 3.44. The molecule has 0 spiro atoms. The van der Waals surface area contributed by atoms with E-state index in [1.165, 1.54) is 39.5 Å². The van der Waals surface area contributed by atoms with Crippen molar-refractivity contribution in [1.29, 1.82) is 0 Å². The van der Waals surface area contributed by atoms with Gasteiger partial charge in [-0.3, -0.25) is 0 Å². The normalized spacial score (nSPS) is 10.7. The first-order chi connectivity index (χ1) is 9.53. The number of halogens is 1. The molecule has 7 heteroatoms. The van der Waals surface area contributed by atoms with E-state index in [2.05, 4.69) is 9.47 Å². The van der Waals surface area contributed by atoms with Gasteiger partial charge in [-0.05, 0) is 18.2 Å². The minimum absolute atomic E-state index is 0.0749. The summed E-state index contributed by atoms with van der Waals surface area (Å²) in [5.41, 5.74) is 0.0749. The SMILES string of the molecule is COC=C(Oc1ccc(Cl)cc1C(=O)OC)C(=O)OC. The van der Waals surface area contributed by atoms with Crippen LogP contribution >= 0.6 is 11.6 Å². The molecule has 0 unspecified atom stereocenters. The summed E-state index contributed by atoms with van der Waals surface area (Å²) in [4.78, 5) is 23.1. The van der Waals surface area contributed by atoms with Crippen LogP contribution in [-0.4, -0.2) is 33.3 Å². The summed E-state index contributed by atoms with van der Waals surface area (Å²) in [5, 5.41) is 0.327. The Hall–Kier alpha value is -2.21. The zero-order chi connectivity index (χ0) is 15.1. The number of esters is 2. The van der Waals surface area contributed by atoms with Gasteiger partial charge in [0.25, 0.3) is 0 Å². The van der Waals surface area contributed by atoms with Gasteiger partial charge in [0.2, 0.25) is 5.76 Å². The summed E-state index contributed by atoms with van der Waals surface area (Å²) >= 11 is 5.81. The standard InChI is InChI=1S/C13H13ClO6/c1-17-7-11(13(16)19-3)20-10-5-4-8(14)6-9(10)12(15)18-2/h4-7H,1-3H3. The fourth-order valence-electron chi connectivity index (χ4n) is 1.30. The monoisotopic (exact) mass is 300 g/mol. The lowest BCUT2D eigenvalue weighted by molar-refractivity contribution is -0.138. The van der Waals surface area contributed by atoms with Crippen LogP contribution < -0.4 is 4.74 Å². The number of benzene rings is 1. The maximum absolute atomic E-state index is 11.6. The molecule has 0 saturated heterocycles. The molecule has 108 valence electrons. The van der Waals surface area contributed by atoms with Gasteiger partial charge < -0.3 is 18.9 Å². The van der Waals surface area contributed by atoms with Gasteiger partial charge in [-0.2, -0.15) is 0 Å². The number of rotatable bonds is 5. The maximum Gasteiger partial charge on any atom is 0.377 e. The van der Waals surface area contributed by atoms with Gasteiger partial charge in [-0.1, -0.05) is 11.6 Å². The van der Waals surface area contributed by atoms with Crippen molar-refractivity contribution in [3.8, 4) is 5.75 Å². The van der Waals surface area contributed by atoms with Gasteiger partial charge in [0, 0.05) is 5.02 Å². The first-order valence-electron chi connectivity index (χ1n) is 5.40. The molecule has 0 fully saturated rings. The molecule has 0 aliphatic carbocycles. The lowest BCUT2D eigenvalue weighted by Gasteiger charge is -2.11. The van der Waals surface area contributed by atoms with Crippen molar-refractivity contribution in [2.45, 2.75) is 0 Å². The van der Waals surface area contributed by atoms with Crippen molar-refractivity contribution in [2.75, 3.05) is 21.3 Å². The molecule has 0 aliphatic rings. The molecule has 6 nitrogen and oxygen atoms in total. The Morgan fingerprint density at radius 3 is 2.40 bits per heavy atom. The minimum Gasteiger partial charge on any atom is -0.500 e. The zero-order valence-corrected chi connectivity index (χ0v) is 11.9. The van der Waals surface area contributed by atoms with Crippen molar-refractivity contribution in [3.05, 3.63) is 40.8 Å². The molecule has 1 rings (SSSR count). The van der Waals surface area contributed by atoms with Crippen LogP contribution in [0.2, 0.25) is 5.02 Å². The molecule has 0 radical (unpaired) electrons. The maximum atomic E-state index is 11.6. The van der Waals surface area contributed by atoms with E-state index in [1.54, 1.807) is 0 Å². The molecular weight excluding hydrogens is 288 g/mol. The fourth-order valence-corrected chi connectivity index (χ4v) is 1.47. The van der Waals surface area contributed by atoms with Crippen molar-refractivity contribution < 1.29 is 28.5 Å². The molecule has 1 aromatic carbocycles. The van der Waals surface area contributed by atoms with Crippen LogP contribution in [0.25, 0.3) is 0 Å². The largest absolute Gasteiger partial charge is 0.500 e. The second kappa shape index (κ2) is 7.40. The van der Waals surface area contributed by atoms with Gasteiger partial charge in [0.1, 0.15) is 17.6 Å². The van der Waals surface area contributed by atoms with Crippen LogP contribution in [0.15, 0.2) is 30.2 Å². The molecule has 0 bridgehead atoms. The third-order valence-corrected chi connectivity index (χ3v) is 2.41. The molecule has 0 aromatic heterocycles. The Morgan fingerprint density at radius 1 is 1.15 bits per heavy atom. The topological polar surface area (TPSA) is 71.1 Å². The van der Waals surface area contributed by atoms with Crippen LogP contribution in [0, 0.1) is 0 Å². The molecule has 20 heavy (non-hydrogen) atoms. The molecule has 0 N–H and O–H groups in total. The Morgan fingerprint density at radius 2 is 1.85 bits per heavy atom. The number of ether oxygens (including phenoxy) is 4. The van der Waals surface area contributed by atoms with Gasteiger partial charge >= 0.3 is 11.9 Å². The van der Waals surface area contributed by atoms with Crippen molar-refractivity contribution in [3.63, 3.8) is 0 Å². The summed E-state index contributed by atoms with van der Waals surface area (Å²) in [6, 6.07) is 4.30. The van der Waals surface area contributed by atoms with Gasteiger partial charge in [-0.15, -0.1) is 0 Å².